The number of ether oxygens (including phenoxy) is 3. The predicted octanol–water partition coefficient (Wildman–Crippen LogP) is 5.60. The molecule has 32 heavy (non-hydrogen) atoms. The number of benzene rings is 2. The Balaban J connectivity index is 2.04. The van der Waals surface area contributed by atoms with Crippen LogP contribution in [0, 0.1) is 0 Å². The smallest absolute Gasteiger partial charge is 0.411 e. The Morgan fingerprint density at radius 2 is 1.88 bits per heavy atom. The topological polar surface area (TPSA) is 94.1 Å². The number of carboxylic acid groups (broad SMARTS) is 1. The van der Waals surface area contributed by atoms with Gasteiger partial charge in [-0.15, -0.1) is 0 Å². The van der Waals surface area contributed by atoms with E-state index < -0.39 is 18.2 Å². The molecule has 0 saturated heterocycles. The van der Waals surface area contributed by atoms with E-state index in [0.29, 0.717) is 40.1 Å². The third-order valence-corrected chi connectivity index (χ3v) is 4.92. The summed E-state index contributed by atoms with van der Waals surface area (Å²) in [6.45, 7) is 5.87. The molecule has 0 saturated carbocycles. The maximum atomic E-state index is 12.3. The van der Waals surface area contributed by atoms with Crippen molar-refractivity contribution < 1.29 is 28.9 Å². The quantitative estimate of drug-likeness (QED) is 0.431. The van der Waals surface area contributed by atoms with Crippen LogP contribution >= 0.6 is 23.2 Å². The maximum Gasteiger partial charge on any atom is 0.411 e. The molecule has 0 spiro atoms. The molecule has 0 radical (unpaired) electrons. The summed E-state index contributed by atoms with van der Waals surface area (Å²) in [4.78, 5) is 23.8. The average molecular weight is 484 g/mol. The van der Waals surface area contributed by atoms with Gasteiger partial charge in [0.25, 0.3) is 0 Å². The van der Waals surface area contributed by atoms with E-state index in [9.17, 15) is 14.7 Å². The largest absolute Gasteiger partial charge is 0.492 e. The minimum atomic E-state index is -1.05. The molecule has 0 aliphatic heterocycles. The molecule has 2 rings (SSSR count). The van der Waals surface area contributed by atoms with Crippen molar-refractivity contribution in [1.29, 1.82) is 0 Å². The number of rotatable bonds is 11. The number of anilines is 1. The van der Waals surface area contributed by atoms with Crippen molar-refractivity contribution in [2.75, 3.05) is 18.5 Å². The molecule has 0 aromatic heterocycles. The molecule has 0 heterocycles. The Hall–Kier alpha value is -2.48. The number of carbonyl (C=O) groups excluding carboxylic acids is 1. The normalized spacial score (nSPS) is 11.8. The summed E-state index contributed by atoms with van der Waals surface area (Å²) in [5.74, 6) is -0.604. The van der Waals surface area contributed by atoms with Crippen LogP contribution in [0.1, 0.15) is 31.9 Å². The number of nitrogens with one attached hydrogen (secondary N) is 1. The first-order chi connectivity index (χ1) is 15.2. The molecule has 9 heteroatoms. The molecule has 1 unspecified atom stereocenters. The fraction of sp³-hybridized carbons (Fsp3) is 0.391. The standard InChI is InChI=1S/C23H27Cl2NO6/c1-4-30-20-8-5-15(12-21(22(27)28)32-14(2)3)11-19(20)26-23(29)31-10-9-16-6-7-17(24)13-18(16)25/h5-8,11,13-14,21H,4,9-10,12H2,1-3H3,(H,26,29)(H,27,28). The molecule has 0 aliphatic rings. The van der Waals surface area contributed by atoms with E-state index in [1.165, 1.54) is 0 Å². The van der Waals surface area contributed by atoms with Gasteiger partial charge in [-0.25, -0.2) is 9.59 Å². The molecule has 0 bridgehead atoms. The molecule has 1 amide bonds. The molecule has 174 valence electrons. The lowest BCUT2D eigenvalue weighted by Gasteiger charge is -2.18. The number of carboxylic acids is 1. The maximum absolute atomic E-state index is 12.3. The van der Waals surface area contributed by atoms with E-state index in [-0.39, 0.29) is 19.1 Å². The van der Waals surface area contributed by atoms with Crippen molar-refractivity contribution in [2.24, 2.45) is 0 Å². The molecule has 2 aromatic rings. The van der Waals surface area contributed by atoms with Crippen molar-refractivity contribution in [3.05, 3.63) is 57.6 Å². The zero-order valence-electron chi connectivity index (χ0n) is 18.2. The fourth-order valence-corrected chi connectivity index (χ4v) is 3.45. The van der Waals surface area contributed by atoms with Gasteiger partial charge in [0.2, 0.25) is 0 Å². The van der Waals surface area contributed by atoms with Crippen LogP contribution in [0.25, 0.3) is 0 Å². The first kappa shape index (κ1) is 25.8. The zero-order valence-corrected chi connectivity index (χ0v) is 19.7. The summed E-state index contributed by atoms with van der Waals surface area (Å²) in [5, 5.41) is 13.1. The fourth-order valence-electron chi connectivity index (χ4n) is 2.94. The van der Waals surface area contributed by atoms with Gasteiger partial charge in [0.05, 0.1) is 25.0 Å². The lowest BCUT2D eigenvalue weighted by Crippen LogP contribution is -2.29. The van der Waals surface area contributed by atoms with Crippen LogP contribution in [0.15, 0.2) is 36.4 Å². The van der Waals surface area contributed by atoms with Gasteiger partial charge in [-0.3, -0.25) is 5.32 Å². The van der Waals surface area contributed by atoms with Crippen molar-refractivity contribution in [1.82, 2.24) is 0 Å². The number of aliphatic carboxylic acids is 1. The summed E-state index contributed by atoms with van der Waals surface area (Å²) < 4.78 is 16.3. The Kier molecular flexibility index (Phi) is 10.1. The Morgan fingerprint density at radius 3 is 2.50 bits per heavy atom. The molecule has 2 N–H and O–H groups in total. The molecule has 2 aromatic carbocycles. The number of carbonyl (C=O) groups is 2. The highest BCUT2D eigenvalue weighted by Crippen LogP contribution is 2.27. The average Bonchev–Trinajstić information content (AvgIpc) is 2.70. The van der Waals surface area contributed by atoms with Gasteiger partial charge in [0.1, 0.15) is 5.75 Å². The minimum Gasteiger partial charge on any atom is -0.492 e. The van der Waals surface area contributed by atoms with E-state index in [0.717, 1.165) is 5.56 Å². The van der Waals surface area contributed by atoms with E-state index in [1.54, 1.807) is 50.2 Å². The Labute approximate surface area is 197 Å². The Bertz CT molecular complexity index is 935. The van der Waals surface area contributed by atoms with Crippen molar-refractivity contribution >= 4 is 41.0 Å². The summed E-state index contributed by atoms with van der Waals surface area (Å²) >= 11 is 12.0. The summed E-state index contributed by atoms with van der Waals surface area (Å²) in [5.41, 5.74) is 1.86. The number of hydrogen-bond donors (Lipinski definition) is 2. The number of amides is 1. The van der Waals surface area contributed by atoms with Crippen LogP contribution in [0.4, 0.5) is 10.5 Å². The van der Waals surface area contributed by atoms with Gasteiger partial charge in [0, 0.05) is 22.9 Å². The molecular weight excluding hydrogens is 457 g/mol. The highest BCUT2D eigenvalue weighted by molar-refractivity contribution is 6.35. The third kappa shape index (κ3) is 8.22. The van der Waals surface area contributed by atoms with Gasteiger partial charge in [-0.1, -0.05) is 35.3 Å². The summed E-state index contributed by atoms with van der Waals surface area (Å²) in [7, 11) is 0. The van der Waals surface area contributed by atoms with Gasteiger partial charge < -0.3 is 19.3 Å². The van der Waals surface area contributed by atoms with Crippen molar-refractivity contribution in [2.45, 2.75) is 45.8 Å². The van der Waals surface area contributed by atoms with Crippen molar-refractivity contribution in [3.63, 3.8) is 0 Å². The van der Waals surface area contributed by atoms with Crippen molar-refractivity contribution in [3.8, 4) is 5.75 Å². The van der Waals surface area contributed by atoms with Crippen LogP contribution in [0.3, 0.4) is 0 Å². The van der Waals surface area contributed by atoms with Gasteiger partial charge in [-0.05, 0) is 56.2 Å². The number of hydrogen-bond acceptors (Lipinski definition) is 5. The van der Waals surface area contributed by atoms with E-state index in [4.69, 9.17) is 37.4 Å². The van der Waals surface area contributed by atoms with Gasteiger partial charge in [-0.2, -0.15) is 0 Å². The third-order valence-electron chi connectivity index (χ3n) is 4.33. The predicted molar refractivity (Wildman–Crippen MR) is 124 cm³/mol. The highest BCUT2D eigenvalue weighted by atomic mass is 35.5. The highest BCUT2D eigenvalue weighted by Gasteiger charge is 2.21. The van der Waals surface area contributed by atoms with Crippen LogP contribution in [-0.2, 0) is 27.1 Å². The molecule has 0 aliphatic carbocycles. The second kappa shape index (κ2) is 12.5. The van der Waals surface area contributed by atoms with Gasteiger partial charge in [0.15, 0.2) is 6.10 Å². The molecule has 1 atom stereocenters. The van der Waals surface area contributed by atoms with Crippen LogP contribution in [0.2, 0.25) is 10.0 Å². The lowest BCUT2D eigenvalue weighted by atomic mass is 10.1. The second-order valence-corrected chi connectivity index (χ2v) is 8.07. The SMILES string of the molecule is CCOc1ccc(CC(OC(C)C)C(=O)O)cc1NC(=O)OCCc1ccc(Cl)cc1Cl. The summed E-state index contributed by atoms with van der Waals surface area (Å²) in [6, 6.07) is 10.2. The second-order valence-electron chi connectivity index (χ2n) is 7.23. The summed E-state index contributed by atoms with van der Waals surface area (Å²) in [6.07, 6.45) is -1.34. The van der Waals surface area contributed by atoms with E-state index in [1.807, 2.05) is 6.92 Å². The monoisotopic (exact) mass is 483 g/mol. The lowest BCUT2D eigenvalue weighted by molar-refractivity contribution is -0.153. The molecular formula is C23H27Cl2NO6. The zero-order chi connectivity index (χ0) is 23.7. The van der Waals surface area contributed by atoms with E-state index >= 15 is 0 Å². The minimum absolute atomic E-state index is 0.111. The van der Waals surface area contributed by atoms with Crippen LogP contribution in [-0.4, -0.2) is 42.6 Å². The first-order valence-corrected chi connectivity index (χ1v) is 11.0. The molecule has 0 fully saturated rings. The van der Waals surface area contributed by atoms with Gasteiger partial charge >= 0.3 is 12.1 Å². The first-order valence-electron chi connectivity index (χ1n) is 10.2. The molecule has 7 nitrogen and oxygen atoms in total. The van der Waals surface area contributed by atoms with Crippen LogP contribution in [0.5, 0.6) is 5.75 Å². The number of halogens is 2. The van der Waals surface area contributed by atoms with E-state index in [2.05, 4.69) is 5.32 Å². The van der Waals surface area contributed by atoms with Crippen LogP contribution < -0.4 is 10.1 Å². The Morgan fingerprint density at radius 1 is 1.12 bits per heavy atom.